The Kier molecular flexibility index (Phi) is 6.64. The second-order valence-corrected chi connectivity index (χ2v) is 13.5. The zero-order valence-corrected chi connectivity index (χ0v) is 23.3. The van der Waals surface area contributed by atoms with Gasteiger partial charge in [-0.05, 0) is 114 Å². The zero-order valence-electron chi connectivity index (χ0n) is 21.6. The molecule has 0 amide bonds. The van der Waals surface area contributed by atoms with Gasteiger partial charge in [0.1, 0.15) is 16.7 Å². The van der Waals surface area contributed by atoms with E-state index in [0.29, 0.717) is 0 Å². The molecule has 2 unspecified atom stereocenters. The molecule has 1 aliphatic heterocycles. The number of rotatable bonds is 5. The summed E-state index contributed by atoms with van der Waals surface area (Å²) in [5.41, 5.74) is 4.67. The first kappa shape index (κ1) is 24.8. The quantitative estimate of drug-likeness (QED) is 0.209. The largest absolute Gasteiger partial charge is 0.347 e. The van der Waals surface area contributed by atoms with Crippen molar-refractivity contribution in [3.8, 4) is 11.1 Å². The summed E-state index contributed by atoms with van der Waals surface area (Å²) in [5, 5.41) is 3.71. The highest BCUT2D eigenvalue weighted by atomic mass is 32.2. The Labute approximate surface area is 240 Å². The number of halogens is 1. The summed E-state index contributed by atoms with van der Waals surface area (Å²) in [6, 6.07) is 52.4. The van der Waals surface area contributed by atoms with Gasteiger partial charge in [0.25, 0.3) is 0 Å². The van der Waals surface area contributed by atoms with E-state index in [2.05, 4.69) is 127 Å². The molecule has 1 aliphatic rings. The summed E-state index contributed by atoms with van der Waals surface area (Å²) in [5.74, 6) is -0.213. The standard InChI is InChI=1S/C36H26FNS2/c37-28-18-22-32(23-19-28)39(29-9-3-1-4-10-29)31-20-15-26(16-21-31)27-17-24-36-34(25-27)38-33-13-7-8-14-35(33)40(36)30-11-5-2-6-12-30/h1-25,38H/q+2. The van der Waals surface area contributed by atoms with E-state index in [9.17, 15) is 4.39 Å². The molecule has 1 N–H and O–H groups in total. The van der Waals surface area contributed by atoms with Crippen LogP contribution in [0, 0.1) is 5.82 Å². The van der Waals surface area contributed by atoms with Gasteiger partial charge in [0.15, 0.2) is 29.4 Å². The fourth-order valence-corrected chi connectivity index (χ4v) is 9.45. The number of nitrogens with one attached hydrogen (secondary N) is 1. The van der Waals surface area contributed by atoms with Crippen LogP contribution >= 0.6 is 0 Å². The molecule has 0 aliphatic carbocycles. The Morgan fingerprint density at radius 2 is 1.02 bits per heavy atom. The molecular formula is C36H26FNS2+2. The van der Waals surface area contributed by atoms with Crippen molar-refractivity contribution >= 4 is 33.2 Å². The van der Waals surface area contributed by atoms with Gasteiger partial charge in [-0.15, -0.1) is 0 Å². The van der Waals surface area contributed by atoms with Crippen molar-refractivity contribution in [1.82, 2.24) is 0 Å². The SMILES string of the molecule is Fc1ccc([S+](c2ccccc2)c2ccc(-c3ccc4c(c3)Nc3ccccc3[S+]4c3ccccc3)cc2)cc1. The molecule has 0 spiro atoms. The van der Waals surface area contributed by atoms with E-state index < -0.39 is 0 Å². The molecule has 6 aromatic carbocycles. The van der Waals surface area contributed by atoms with Crippen LogP contribution in [0.2, 0.25) is 0 Å². The van der Waals surface area contributed by atoms with Crippen molar-refractivity contribution in [2.75, 3.05) is 5.32 Å². The lowest BCUT2D eigenvalue weighted by molar-refractivity contribution is 0.626. The van der Waals surface area contributed by atoms with E-state index in [1.54, 1.807) is 12.1 Å². The lowest BCUT2D eigenvalue weighted by atomic mass is 10.0. The third-order valence-electron chi connectivity index (χ3n) is 7.01. The van der Waals surface area contributed by atoms with Gasteiger partial charge in [0, 0.05) is 0 Å². The van der Waals surface area contributed by atoms with Crippen molar-refractivity contribution in [3.05, 3.63) is 157 Å². The maximum atomic E-state index is 13.7. The number of benzene rings is 6. The fourth-order valence-electron chi connectivity index (χ4n) is 5.13. The lowest BCUT2D eigenvalue weighted by Gasteiger charge is -2.21. The molecule has 0 fully saturated rings. The first-order valence-electron chi connectivity index (χ1n) is 13.2. The number of anilines is 2. The third kappa shape index (κ3) is 4.70. The van der Waals surface area contributed by atoms with Gasteiger partial charge in [0.05, 0.1) is 22.3 Å². The second kappa shape index (κ2) is 10.7. The Morgan fingerprint density at radius 1 is 0.475 bits per heavy atom. The van der Waals surface area contributed by atoms with Crippen molar-refractivity contribution in [1.29, 1.82) is 0 Å². The van der Waals surface area contributed by atoms with Crippen LogP contribution in [-0.2, 0) is 21.8 Å². The van der Waals surface area contributed by atoms with Gasteiger partial charge in [-0.2, -0.15) is 0 Å². The van der Waals surface area contributed by atoms with Gasteiger partial charge in [-0.25, -0.2) is 4.39 Å². The Balaban J connectivity index is 1.26. The van der Waals surface area contributed by atoms with E-state index in [4.69, 9.17) is 0 Å². The van der Waals surface area contributed by atoms with Gasteiger partial charge >= 0.3 is 0 Å². The number of para-hydroxylation sites is 1. The summed E-state index contributed by atoms with van der Waals surface area (Å²) in [4.78, 5) is 7.48. The molecule has 1 nitrogen and oxygen atoms in total. The first-order chi connectivity index (χ1) is 19.7. The van der Waals surface area contributed by atoms with Crippen LogP contribution in [0.3, 0.4) is 0 Å². The minimum absolute atomic E-state index is 0.165. The minimum atomic E-state index is -0.318. The third-order valence-corrected chi connectivity index (χ3v) is 11.6. The zero-order chi connectivity index (χ0) is 26.9. The number of fused-ring (bicyclic) bond motifs is 2. The van der Waals surface area contributed by atoms with Crippen LogP contribution in [0.5, 0.6) is 0 Å². The molecule has 7 rings (SSSR count). The van der Waals surface area contributed by atoms with E-state index >= 15 is 0 Å². The van der Waals surface area contributed by atoms with Crippen molar-refractivity contribution in [2.45, 2.75) is 29.4 Å². The summed E-state index contributed by atoms with van der Waals surface area (Å²) in [6.45, 7) is 0. The molecular weight excluding hydrogens is 530 g/mol. The highest BCUT2D eigenvalue weighted by molar-refractivity contribution is 7.97. The Morgan fingerprint density at radius 3 is 1.75 bits per heavy atom. The van der Waals surface area contributed by atoms with Gasteiger partial charge < -0.3 is 5.32 Å². The molecule has 0 saturated heterocycles. The molecule has 1 heterocycles. The topological polar surface area (TPSA) is 12.0 Å². The summed E-state index contributed by atoms with van der Waals surface area (Å²) < 4.78 is 13.7. The van der Waals surface area contributed by atoms with Crippen LogP contribution in [0.25, 0.3) is 11.1 Å². The Bertz CT molecular complexity index is 1770. The average Bonchev–Trinajstić information content (AvgIpc) is 3.02. The number of hydrogen-bond donors (Lipinski definition) is 1. The average molecular weight is 556 g/mol. The smallest absolute Gasteiger partial charge is 0.190 e. The molecule has 192 valence electrons. The van der Waals surface area contributed by atoms with Crippen LogP contribution < -0.4 is 5.32 Å². The minimum Gasteiger partial charge on any atom is -0.347 e. The van der Waals surface area contributed by atoms with Crippen LogP contribution in [0.15, 0.2) is 181 Å². The predicted octanol–water partition coefficient (Wildman–Crippen LogP) is 9.74. The molecule has 0 aromatic heterocycles. The van der Waals surface area contributed by atoms with Gasteiger partial charge in [-0.3, -0.25) is 0 Å². The predicted molar refractivity (Wildman–Crippen MR) is 165 cm³/mol. The first-order valence-corrected chi connectivity index (χ1v) is 15.6. The van der Waals surface area contributed by atoms with E-state index in [1.807, 2.05) is 18.2 Å². The van der Waals surface area contributed by atoms with Crippen molar-refractivity contribution in [2.24, 2.45) is 0 Å². The van der Waals surface area contributed by atoms with E-state index in [0.717, 1.165) is 10.6 Å². The van der Waals surface area contributed by atoms with Crippen LogP contribution in [0.4, 0.5) is 15.8 Å². The number of hydrogen-bond acceptors (Lipinski definition) is 1. The summed E-state index contributed by atoms with van der Waals surface area (Å²) >= 11 is 0. The highest BCUT2D eigenvalue weighted by Crippen LogP contribution is 2.45. The molecule has 2 atom stereocenters. The molecule has 6 aromatic rings. The molecule has 0 radical (unpaired) electrons. The van der Waals surface area contributed by atoms with Crippen molar-refractivity contribution < 1.29 is 4.39 Å². The molecule has 0 bridgehead atoms. The van der Waals surface area contributed by atoms with Crippen LogP contribution in [-0.4, -0.2) is 0 Å². The maximum Gasteiger partial charge on any atom is 0.190 e. The van der Waals surface area contributed by atoms with E-state index in [1.165, 1.54) is 41.3 Å². The monoisotopic (exact) mass is 555 g/mol. The molecule has 0 saturated carbocycles. The summed E-state index contributed by atoms with van der Waals surface area (Å²) in [7, 11) is -0.483. The Hall–Kier alpha value is -4.25. The highest BCUT2D eigenvalue weighted by Gasteiger charge is 2.37. The summed E-state index contributed by atoms with van der Waals surface area (Å²) in [6.07, 6.45) is 0. The van der Waals surface area contributed by atoms with E-state index in [-0.39, 0.29) is 27.6 Å². The van der Waals surface area contributed by atoms with Crippen molar-refractivity contribution in [3.63, 3.8) is 0 Å². The van der Waals surface area contributed by atoms with Crippen LogP contribution in [0.1, 0.15) is 0 Å². The molecule has 4 heteroatoms. The molecule has 40 heavy (non-hydrogen) atoms. The second-order valence-electron chi connectivity index (χ2n) is 9.55. The lowest BCUT2D eigenvalue weighted by Crippen LogP contribution is -2.14. The normalized spacial score (nSPS) is 14.5. The maximum absolute atomic E-state index is 13.7. The van der Waals surface area contributed by atoms with Gasteiger partial charge in [0.2, 0.25) is 0 Å². The van der Waals surface area contributed by atoms with Gasteiger partial charge in [-0.1, -0.05) is 48.5 Å². The fraction of sp³-hybridized carbons (Fsp3) is 0.